The minimum atomic E-state index is -0.547. The van der Waals surface area contributed by atoms with Gasteiger partial charge >= 0.3 is 0 Å². The molecule has 1 atom stereocenters. The number of halogens is 1. The molecule has 1 amide bonds. The highest BCUT2D eigenvalue weighted by molar-refractivity contribution is 6.30. The molecule has 0 saturated heterocycles. The van der Waals surface area contributed by atoms with Crippen LogP contribution in [0.15, 0.2) is 42.5 Å². The van der Waals surface area contributed by atoms with Crippen molar-refractivity contribution < 1.29 is 9.53 Å². The molecular formula is C18H20ClNO2. The van der Waals surface area contributed by atoms with Crippen molar-refractivity contribution in [3.8, 4) is 5.75 Å². The van der Waals surface area contributed by atoms with E-state index < -0.39 is 6.10 Å². The summed E-state index contributed by atoms with van der Waals surface area (Å²) >= 11 is 5.83. The lowest BCUT2D eigenvalue weighted by Gasteiger charge is -2.16. The second-order valence-corrected chi connectivity index (χ2v) is 5.81. The van der Waals surface area contributed by atoms with E-state index in [4.69, 9.17) is 16.3 Å². The number of rotatable bonds is 5. The van der Waals surface area contributed by atoms with Crippen LogP contribution in [0.5, 0.6) is 5.75 Å². The molecule has 0 aliphatic heterocycles. The highest BCUT2D eigenvalue weighted by Crippen LogP contribution is 2.20. The van der Waals surface area contributed by atoms with Crippen molar-refractivity contribution in [2.75, 3.05) is 0 Å². The fraction of sp³-hybridized carbons (Fsp3) is 0.278. The van der Waals surface area contributed by atoms with Crippen LogP contribution < -0.4 is 10.1 Å². The fourth-order valence-electron chi connectivity index (χ4n) is 2.11. The number of benzene rings is 2. The monoisotopic (exact) mass is 317 g/mol. The van der Waals surface area contributed by atoms with Gasteiger partial charge in [0.05, 0.1) is 0 Å². The van der Waals surface area contributed by atoms with Gasteiger partial charge in [0.2, 0.25) is 0 Å². The Balaban J connectivity index is 1.90. The first kappa shape index (κ1) is 16.4. The van der Waals surface area contributed by atoms with Crippen LogP contribution in [-0.2, 0) is 11.3 Å². The molecule has 0 aliphatic carbocycles. The van der Waals surface area contributed by atoms with E-state index in [2.05, 4.69) is 5.32 Å². The number of carbonyl (C=O) groups is 1. The number of hydrogen-bond donors (Lipinski definition) is 1. The molecule has 0 aliphatic rings. The SMILES string of the molecule is Cc1ccc(O[C@@H](C)C(=O)NCc2ccc(Cl)cc2)c(C)c1. The summed E-state index contributed by atoms with van der Waals surface area (Å²) in [5.41, 5.74) is 3.19. The average molecular weight is 318 g/mol. The second kappa shape index (κ2) is 7.32. The first-order valence-corrected chi connectivity index (χ1v) is 7.59. The molecular weight excluding hydrogens is 298 g/mol. The summed E-state index contributed by atoms with van der Waals surface area (Å²) in [4.78, 5) is 12.1. The normalized spacial score (nSPS) is 11.8. The molecule has 2 rings (SSSR count). The van der Waals surface area contributed by atoms with E-state index in [0.717, 1.165) is 16.9 Å². The molecule has 0 saturated carbocycles. The molecule has 0 heterocycles. The highest BCUT2D eigenvalue weighted by Gasteiger charge is 2.15. The van der Waals surface area contributed by atoms with E-state index in [1.807, 2.05) is 44.2 Å². The van der Waals surface area contributed by atoms with Gasteiger partial charge in [0.25, 0.3) is 5.91 Å². The van der Waals surface area contributed by atoms with Gasteiger partial charge in [0.1, 0.15) is 5.75 Å². The molecule has 2 aromatic rings. The summed E-state index contributed by atoms with van der Waals surface area (Å²) in [7, 11) is 0. The van der Waals surface area contributed by atoms with Crippen molar-refractivity contribution in [3.63, 3.8) is 0 Å². The lowest BCUT2D eigenvalue weighted by Crippen LogP contribution is -2.36. The molecule has 1 N–H and O–H groups in total. The molecule has 2 aromatic carbocycles. The van der Waals surface area contributed by atoms with E-state index >= 15 is 0 Å². The van der Waals surface area contributed by atoms with Gasteiger partial charge in [-0.3, -0.25) is 4.79 Å². The maximum Gasteiger partial charge on any atom is 0.261 e. The average Bonchev–Trinajstić information content (AvgIpc) is 2.49. The molecule has 0 unspecified atom stereocenters. The molecule has 0 fully saturated rings. The number of amides is 1. The van der Waals surface area contributed by atoms with E-state index in [1.165, 1.54) is 5.56 Å². The predicted octanol–water partition coefficient (Wildman–Crippen LogP) is 4.04. The van der Waals surface area contributed by atoms with Crippen LogP contribution in [-0.4, -0.2) is 12.0 Å². The Morgan fingerprint density at radius 1 is 1.18 bits per heavy atom. The number of hydrogen-bond acceptors (Lipinski definition) is 2. The molecule has 0 radical (unpaired) electrons. The highest BCUT2D eigenvalue weighted by atomic mass is 35.5. The van der Waals surface area contributed by atoms with Gasteiger partial charge in [0, 0.05) is 11.6 Å². The zero-order chi connectivity index (χ0) is 16.1. The Kier molecular flexibility index (Phi) is 5.45. The van der Waals surface area contributed by atoms with Crippen LogP contribution >= 0.6 is 11.6 Å². The van der Waals surface area contributed by atoms with E-state index in [1.54, 1.807) is 19.1 Å². The third-order valence-electron chi connectivity index (χ3n) is 3.38. The van der Waals surface area contributed by atoms with Gasteiger partial charge < -0.3 is 10.1 Å². The number of carbonyl (C=O) groups excluding carboxylic acids is 1. The zero-order valence-corrected chi connectivity index (χ0v) is 13.8. The van der Waals surface area contributed by atoms with Crippen molar-refractivity contribution in [2.45, 2.75) is 33.4 Å². The van der Waals surface area contributed by atoms with Gasteiger partial charge in [-0.25, -0.2) is 0 Å². The smallest absolute Gasteiger partial charge is 0.261 e. The van der Waals surface area contributed by atoms with Crippen molar-refractivity contribution in [2.24, 2.45) is 0 Å². The minimum Gasteiger partial charge on any atom is -0.481 e. The first-order chi connectivity index (χ1) is 10.5. The molecule has 0 spiro atoms. The Labute approximate surface area is 136 Å². The maximum atomic E-state index is 12.1. The third kappa shape index (κ3) is 4.50. The van der Waals surface area contributed by atoms with Crippen LogP contribution in [0.4, 0.5) is 0 Å². The molecule has 4 heteroatoms. The van der Waals surface area contributed by atoms with Gasteiger partial charge in [-0.15, -0.1) is 0 Å². The number of ether oxygens (including phenoxy) is 1. The molecule has 22 heavy (non-hydrogen) atoms. The summed E-state index contributed by atoms with van der Waals surface area (Å²) in [5.74, 6) is 0.592. The first-order valence-electron chi connectivity index (χ1n) is 7.22. The predicted molar refractivity (Wildman–Crippen MR) is 89.3 cm³/mol. The van der Waals surface area contributed by atoms with Gasteiger partial charge in [-0.2, -0.15) is 0 Å². The van der Waals surface area contributed by atoms with Crippen LogP contribution in [0.1, 0.15) is 23.6 Å². The molecule has 0 bridgehead atoms. The van der Waals surface area contributed by atoms with Crippen LogP contribution in [0.3, 0.4) is 0 Å². The Hall–Kier alpha value is -2.00. The summed E-state index contributed by atoms with van der Waals surface area (Å²) in [6.45, 7) is 6.20. The lowest BCUT2D eigenvalue weighted by atomic mass is 10.1. The molecule has 0 aromatic heterocycles. The Morgan fingerprint density at radius 2 is 1.86 bits per heavy atom. The van der Waals surface area contributed by atoms with Crippen LogP contribution in [0, 0.1) is 13.8 Å². The Bertz CT molecular complexity index is 653. The summed E-state index contributed by atoms with van der Waals surface area (Å²) in [6, 6.07) is 13.3. The quantitative estimate of drug-likeness (QED) is 0.903. The van der Waals surface area contributed by atoms with Gasteiger partial charge in [-0.05, 0) is 50.1 Å². The van der Waals surface area contributed by atoms with Gasteiger partial charge in [0.15, 0.2) is 6.10 Å². The largest absolute Gasteiger partial charge is 0.481 e. The Morgan fingerprint density at radius 3 is 2.50 bits per heavy atom. The molecule has 3 nitrogen and oxygen atoms in total. The summed E-state index contributed by atoms with van der Waals surface area (Å²) < 4.78 is 5.74. The minimum absolute atomic E-state index is 0.144. The van der Waals surface area contributed by atoms with E-state index in [-0.39, 0.29) is 5.91 Å². The van der Waals surface area contributed by atoms with Crippen molar-refractivity contribution in [1.29, 1.82) is 0 Å². The maximum absolute atomic E-state index is 12.1. The van der Waals surface area contributed by atoms with E-state index in [9.17, 15) is 4.79 Å². The summed E-state index contributed by atoms with van der Waals surface area (Å²) in [5, 5.41) is 3.54. The lowest BCUT2D eigenvalue weighted by molar-refractivity contribution is -0.127. The fourth-order valence-corrected chi connectivity index (χ4v) is 2.24. The van der Waals surface area contributed by atoms with Crippen molar-refractivity contribution in [1.82, 2.24) is 5.32 Å². The topological polar surface area (TPSA) is 38.3 Å². The second-order valence-electron chi connectivity index (χ2n) is 5.37. The van der Waals surface area contributed by atoms with E-state index in [0.29, 0.717) is 11.6 Å². The van der Waals surface area contributed by atoms with Crippen LogP contribution in [0.2, 0.25) is 5.02 Å². The zero-order valence-electron chi connectivity index (χ0n) is 13.0. The molecule has 116 valence electrons. The standard InChI is InChI=1S/C18H20ClNO2/c1-12-4-9-17(13(2)10-12)22-14(3)18(21)20-11-15-5-7-16(19)8-6-15/h4-10,14H,11H2,1-3H3,(H,20,21)/t14-/m0/s1. The third-order valence-corrected chi connectivity index (χ3v) is 3.64. The van der Waals surface area contributed by atoms with Gasteiger partial charge in [-0.1, -0.05) is 41.4 Å². The van der Waals surface area contributed by atoms with Crippen molar-refractivity contribution >= 4 is 17.5 Å². The van der Waals surface area contributed by atoms with Crippen molar-refractivity contribution in [3.05, 3.63) is 64.2 Å². The summed E-state index contributed by atoms with van der Waals surface area (Å²) in [6.07, 6.45) is -0.547. The number of aryl methyl sites for hydroxylation is 2. The number of nitrogens with one attached hydrogen (secondary N) is 1. The van der Waals surface area contributed by atoms with Crippen LogP contribution in [0.25, 0.3) is 0 Å².